The number of rotatable bonds is 2. The molecule has 1 aromatic heterocycles. The van der Waals surface area contributed by atoms with Crippen LogP contribution >= 0.6 is 0 Å². The van der Waals surface area contributed by atoms with Gasteiger partial charge < -0.3 is 10.1 Å². The van der Waals surface area contributed by atoms with Crippen molar-refractivity contribution >= 4 is 16.7 Å². The Hall–Kier alpha value is -2.62. The van der Waals surface area contributed by atoms with Crippen molar-refractivity contribution in [3.63, 3.8) is 0 Å². The van der Waals surface area contributed by atoms with Crippen LogP contribution in [0.3, 0.4) is 0 Å². The lowest BCUT2D eigenvalue weighted by Gasteiger charge is -2.27. The standard InChI is InChI=1S/C17H15N3O/c1-2-4-17-13(3-1)14(7-10-21-17)20-12-5-6-15-16(11-12)19-9-8-18-15/h1-6,8-9,11,14,20H,7,10H2. The first-order chi connectivity index (χ1) is 10.4. The van der Waals surface area contributed by atoms with Crippen molar-refractivity contribution < 1.29 is 4.74 Å². The highest BCUT2D eigenvalue weighted by atomic mass is 16.5. The number of fused-ring (bicyclic) bond motifs is 2. The number of anilines is 1. The second-order valence-corrected chi connectivity index (χ2v) is 5.13. The Morgan fingerprint density at radius 1 is 1.00 bits per heavy atom. The van der Waals surface area contributed by atoms with E-state index in [9.17, 15) is 0 Å². The molecular weight excluding hydrogens is 262 g/mol. The highest BCUT2D eigenvalue weighted by Gasteiger charge is 2.20. The van der Waals surface area contributed by atoms with E-state index in [0.717, 1.165) is 35.5 Å². The summed E-state index contributed by atoms with van der Waals surface area (Å²) in [6.07, 6.45) is 4.38. The van der Waals surface area contributed by atoms with Crippen molar-refractivity contribution in [3.8, 4) is 5.75 Å². The number of benzene rings is 2. The quantitative estimate of drug-likeness (QED) is 0.778. The summed E-state index contributed by atoms with van der Waals surface area (Å²) in [5.41, 5.74) is 4.09. The monoisotopic (exact) mass is 277 g/mol. The molecule has 4 heteroatoms. The molecule has 1 unspecified atom stereocenters. The van der Waals surface area contributed by atoms with Crippen molar-refractivity contribution in [1.82, 2.24) is 9.97 Å². The largest absolute Gasteiger partial charge is 0.493 e. The lowest BCUT2D eigenvalue weighted by Crippen LogP contribution is -2.20. The molecule has 1 N–H and O–H groups in total. The predicted molar refractivity (Wildman–Crippen MR) is 82.5 cm³/mol. The fourth-order valence-electron chi connectivity index (χ4n) is 2.75. The van der Waals surface area contributed by atoms with E-state index in [1.54, 1.807) is 12.4 Å². The summed E-state index contributed by atoms with van der Waals surface area (Å²) in [5, 5.41) is 3.58. The molecule has 2 aromatic carbocycles. The van der Waals surface area contributed by atoms with E-state index in [-0.39, 0.29) is 6.04 Å². The molecule has 0 amide bonds. The van der Waals surface area contributed by atoms with Crippen LogP contribution in [0.1, 0.15) is 18.0 Å². The molecule has 2 heterocycles. The van der Waals surface area contributed by atoms with E-state index in [0.29, 0.717) is 0 Å². The third-order valence-electron chi connectivity index (χ3n) is 3.77. The van der Waals surface area contributed by atoms with E-state index in [4.69, 9.17) is 4.74 Å². The Bertz CT molecular complexity index is 788. The van der Waals surface area contributed by atoms with Crippen LogP contribution in [0.2, 0.25) is 0 Å². The van der Waals surface area contributed by atoms with Gasteiger partial charge in [0.15, 0.2) is 0 Å². The van der Waals surface area contributed by atoms with Gasteiger partial charge in [-0.25, -0.2) is 0 Å². The number of para-hydroxylation sites is 1. The number of nitrogens with one attached hydrogen (secondary N) is 1. The third-order valence-corrected chi connectivity index (χ3v) is 3.77. The van der Waals surface area contributed by atoms with Gasteiger partial charge in [-0.15, -0.1) is 0 Å². The Morgan fingerprint density at radius 2 is 1.86 bits per heavy atom. The molecule has 0 fully saturated rings. The summed E-state index contributed by atoms with van der Waals surface area (Å²) in [4.78, 5) is 8.65. The lowest BCUT2D eigenvalue weighted by atomic mass is 10.0. The molecule has 4 nitrogen and oxygen atoms in total. The van der Waals surface area contributed by atoms with Crippen molar-refractivity contribution in [2.24, 2.45) is 0 Å². The summed E-state index contributed by atoms with van der Waals surface area (Å²) in [6.45, 7) is 0.738. The lowest BCUT2D eigenvalue weighted by molar-refractivity contribution is 0.274. The molecule has 0 aliphatic carbocycles. The van der Waals surface area contributed by atoms with E-state index in [1.165, 1.54) is 5.56 Å². The number of hydrogen-bond donors (Lipinski definition) is 1. The van der Waals surface area contributed by atoms with Crippen molar-refractivity contribution in [3.05, 3.63) is 60.4 Å². The normalized spacial score (nSPS) is 17.0. The number of nitrogens with zero attached hydrogens (tertiary/aromatic N) is 2. The number of hydrogen-bond acceptors (Lipinski definition) is 4. The minimum absolute atomic E-state index is 0.268. The Balaban J connectivity index is 1.66. The zero-order chi connectivity index (χ0) is 14.1. The summed E-state index contributed by atoms with van der Waals surface area (Å²) < 4.78 is 5.70. The van der Waals surface area contributed by atoms with Gasteiger partial charge in [-0.3, -0.25) is 9.97 Å². The Morgan fingerprint density at radius 3 is 2.81 bits per heavy atom. The Labute approximate surface area is 122 Å². The molecule has 3 aromatic rings. The molecule has 0 saturated carbocycles. The average Bonchev–Trinajstić information content (AvgIpc) is 2.55. The van der Waals surface area contributed by atoms with Crippen LogP contribution in [0.5, 0.6) is 5.75 Å². The van der Waals surface area contributed by atoms with E-state index in [2.05, 4.69) is 27.4 Å². The maximum absolute atomic E-state index is 5.70. The fourth-order valence-corrected chi connectivity index (χ4v) is 2.75. The maximum Gasteiger partial charge on any atom is 0.124 e. The molecule has 4 rings (SSSR count). The van der Waals surface area contributed by atoms with Crippen LogP contribution in [0.4, 0.5) is 5.69 Å². The summed E-state index contributed by atoms with van der Waals surface area (Å²) in [6, 6.07) is 14.6. The SMILES string of the molecule is c1ccc2c(c1)OCCC2Nc1ccc2nccnc2c1. The summed E-state index contributed by atoms with van der Waals surface area (Å²) >= 11 is 0. The van der Waals surface area contributed by atoms with Crippen LogP contribution in [0.15, 0.2) is 54.9 Å². The highest BCUT2D eigenvalue weighted by Crippen LogP contribution is 2.34. The first-order valence-corrected chi connectivity index (χ1v) is 7.09. The zero-order valence-corrected chi connectivity index (χ0v) is 11.5. The topological polar surface area (TPSA) is 47.0 Å². The molecule has 0 spiro atoms. The maximum atomic E-state index is 5.70. The summed E-state index contributed by atoms with van der Waals surface area (Å²) in [5.74, 6) is 0.974. The molecule has 1 atom stereocenters. The predicted octanol–water partition coefficient (Wildman–Crippen LogP) is 3.57. The second kappa shape index (κ2) is 5.05. The van der Waals surface area contributed by atoms with Crippen LogP contribution < -0.4 is 10.1 Å². The van der Waals surface area contributed by atoms with E-state index >= 15 is 0 Å². The van der Waals surface area contributed by atoms with Gasteiger partial charge in [0.1, 0.15) is 5.75 Å². The first kappa shape index (κ1) is 12.1. The molecule has 1 aliphatic heterocycles. The van der Waals surface area contributed by atoms with Crippen LogP contribution in [0, 0.1) is 0 Å². The third kappa shape index (κ3) is 2.29. The molecular formula is C17H15N3O. The smallest absolute Gasteiger partial charge is 0.124 e. The fraction of sp³-hybridized carbons (Fsp3) is 0.176. The van der Waals surface area contributed by atoms with Gasteiger partial charge in [-0.1, -0.05) is 18.2 Å². The zero-order valence-electron chi connectivity index (χ0n) is 11.5. The van der Waals surface area contributed by atoms with Crippen molar-refractivity contribution in [2.45, 2.75) is 12.5 Å². The van der Waals surface area contributed by atoms with E-state index < -0.39 is 0 Å². The summed E-state index contributed by atoms with van der Waals surface area (Å²) in [7, 11) is 0. The molecule has 1 aliphatic rings. The van der Waals surface area contributed by atoms with Gasteiger partial charge in [0.25, 0.3) is 0 Å². The van der Waals surface area contributed by atoms with Crippen LogP contribution in [0.25, 0.3) is 11.0 Å². The van der Waals surface area contributed by atoms with Crippen LogP contribution in [-0.4, -0.2) is 16.6 Å². The highest BCUT2D eigenvalue weighted by molar-refractivity contribution is 5.78. The minimum atomic E-state index is 0.268. The van der Waals surface area contributed by atoms with Gasteiger partial charge in [0.2, 0.25) is 0 Å². The number of aromatic nitrogens is 2. The van der Waals surface area contributed by atoms with Crippen molar-refractivity contribution in [2.75, 3.05) is 11.9 Å². The molecule has 104 valence electrons. The molecule has 0 saturated heterocycles. The molecule has 21 heavy (non-hydrogen) atoms. The van der Waals surface area contributed by atoms with Gasteiger partial charge in [0.05, 0.1) is 23.7 Å². The number of ether oxygens (including phenoxy) is 1. The first-order valence-electron chi connectivity index (χ1n) is 7.09. The Kier molecular flexibility index (Phi) is 2.92. The van der Waals surface area contributed by atoms with Gasteiger partial charge in [-0.05, 0) is 24.3 Å². The minimum Gasteiger partial charge on any atom is -0.493 e. The van der Waals surface area contributed by atoms with Crippen molar-refractivity contribution in [1.29, 1.82) is 0 Å². The van der Waals surface area contributed by atoms with Gasteiger partial charge in [-0.2, -0.15) is 0 Å². The molecule has 0 bridgehead atoms. The van der Waals surface area contributed by atoms with Crippen LogP contribution in [-0.2, 0) is 0 Å². The second-order valence-electron chi connectivity index (χ2n) is 5.13. The van der Waals surface area contributed by atoms with E-state index in [1.807, 2.05) is 30.3 Å². The van der Waals surface area contributed by atoms with Gasteiger partial charge in [0, 0.05) is 30.1 Å². The average molecular weight is 277 g/mol. The van der Waals surface area contributed by atoms with Gasteiger partial charge >= 0.3 is 0 Å². The molecule has 0 radical (unpaired) electrons.